The zero-order valence-electron chi connectivity index (χ0n) is 12.2. The van der Waals surface area contributed by atoms with Gasteiger partial charge in [-0.05, 0) is 51.5 Å². The largest absolute Gasteiger partial charge is 0.329 e. The van der Waals surface area contributed by atoms with Crippen molar-refractivity contribution in [1.82, 2.24) is 14.8 Å². The van der Waals surface area contributed by atoms with Crippen molar-refractivity contribution >= 4 is 0 Å². The van der Waals surface area contributed by atoms with Crippen LogP contribution in [0.2, 0.25) is 0 Å². The average Bonchev–Trinajstić information content (AvgIpc) is 2.92. The van der Waals surface area contributed by atoms with E-state index < -0.39 is 0 Å². The number of likely N-dealkylation sites (tertiary alicyclic amines) is 1. The fraction of sp³-hybridized carbons (Fsp3) is 0.667. The second-order valence-corrected chi connectivity index (χ2v) is 5.51. The van der Waals surface area contributed by atoms with Crippen molar-refractivity contribution in [3.05, 3.63) is 29.6 Å². The van der Waals surface area contributed by atoms with Crippen LogP contribution in [0.3, 0.4) is 0 Å². The first-order chi connectivity index (χ1) is 9.20. The molecular weight excluding hydrogens is 236 g/mol. The monoisotopic (exact) mass is 262 g/mol. The summed E-state index contributed by atoms with van der Waals surface area (Å²) in [6.07, 6.45) is 4.66. The smallest absolute Gasteiger partial charge is 0.0483 e. The van der Waals surface area contributed by atoms with Gasteiger partial charge in [-0.15, -0.1) is 0 Å². The third kappa shape index (κ3) is 4.00. The molecule has 1 aromatic rings. The van der Waals surface area contributed by atoms with Crippen LogP contribution >= 0.6 is 0 Å². The molecule has 1 atom stereocenters. The minimum Gasteiger partial charge on any atom is -0.329 e. The van der Waals surface area contributed by atoms with Crippen LogP contribution in [-0.2, 0) is 0 Å². The summed E-state index contributed by atoms with van der Waals surface area (Å²) in [4.78, 5) is 9.27. The fourth-order valence-corrected chi connectivity index (χ4v) is 2.71. The van der Waals surface area contributed by atoms with Gasteiger partial charge in [-0.1, -0.05) is 6.07 Å². The van der Waals surface area contributed by atoms with Crippen molar-refractivity contribution in [3.8, 4) is 0 Å². The molecule has 4 nitrogen and oxygen atoms in total. The Labute approximate surface area is 116 Å². The Hall–Kier alpha value is -0.970. The number of aryl methyl sites for hydroxylation is 1. The lowest BCUT2D eigenvalue weighted by Gasteiger charge is -2.29. The number of aromatic nitrogens is 1. The molecule has 1 aliphatic rings. The van der Waals surface area contributed by atoms with Gasteiger partial charge < -0.3 is 10.6 Å². The molecule has 0 saturated carbocycles. The second kappa shape index (κ2) is 6.98. The molecule has 0 amide bonds. The van der Waals surface area contributed by atoms with Crippen LogP contribution in [0.5, 0.6) is 0 Å². The summed E-state index contributed by atoms with van der Waals surface area (Å²) in [6, 6.07) is 4.48. The highest BCUT2D eigenvalue weighted by atomic mass is 15.2. The minimum absolute atomic E-state index is 0.274. The Balaban J connectivity index is 1.90. The van der Waals surface area contributed by atoms with E-state index in [1.165, 1.54) is 31.5 Å². The van der Waals surface area contributed by atoms with Crippen LogP contribution < -0.4 is 5.73 Å². The maximum absolute atomic E-state index is 5.94. The molecule has 0 spiro atoms. The number of pyridine rings is 1. The summed E-state index contributed by atoms with van der Waals surface area (Å²) in [6.45, 7) is 7.38. The summed E-state index contributed by atoms with van der Waals surface area (Å²) < 4.78 is 0. The summed E-state index contributed by atoms with van der Waals surface area (Å²) in [5, 5.41) is 0. The Morgan fingerprint density at radius 3 is 2.68 bits per heavy atom. The van der Waals surface area contributed by atoms with Gasteiger partial charge in [0.15, 0.2) is 0 Å². The third-order valence-electron chi connectivity index (χ3n) is 4.04. The summed E-state index contributed by atoms with van der Waals surface area (Å²) in [5.41, 5.74) is 8.22. The molecule has 2 N–H and O–H groups in total. The van der Waals surface area contributed by atoms with E-state index in [0.29, 0.717) is 6.54 Å². The van der Waals surface area contributed by atoms with Gasteiger partial charge in [0.1, 0.15) is 0 Å². The lowest BCUT2D eigenvalue weighted by Crippen LogP contribution is -2.36. The van der Waals surface area contributed by atoms with Gasteiger partial charge in [0.2, 0.25) is 0 Å². The van der Waals surface area contributed by atoms with E-state index in [9.17, 15) is 0 Å². The number of nitrogens with two attached hydrogens (primary N) is 1. The van der Waals surface area contributed by atoms with Crippen molar-refractivity contribution < 1.29 is 0 Å². The van der Waals surface area contributed by atoms with Crippen molar-refractivity contribution in [2.45, 2.75) is 25.8 Å². The molecule has 0 bridgehead atoms. The molecule has 106 valence electrons. The first kappa shape index (κ1) is 14.4. The highest BCUT2D eigenvalue weighted by molar-refractivity contribution is 5.17. The molecule has 4 heteroatoms. The number of nitrogens with zero attached hydrogens (tertiary/aromatic N) is 3. The SMILES string of the molecule is Cc1ccc(C(CN)N(C)CCN2CCCC2)cn1. The molecule has 2 rings (SSSR count). The molecular formula is C15H26N4. The average molecular weight is 262 g/mol. The Kier molecular flexibility index (Phi) is 5.31. The lowest BCUT2D eigenvalue weighted by molar-refractivity contribution is 0.209. The Morgan fingerprint density at radius 1 is 1.37 bits per heavy atom. The number of likely N-dealkylation sites (N-methyl/N-ethyl adjacent to an activating group) is 1. The van der Waals surface area contributed by atoms with Crippen molar-refractivity contribution in [2.75, 3.05) is 39.8 Å². The highest BCUT2D eigenvalue weighted by Gasteiger charge is 2.17. The van der Waals surface area contributed by atoms with Gasteiger partial charge in [0.05, 0.1) is 0 Å². The van der Waals surface area contributed by atoms with Gasteiger partial charge in [0, 0.05) is 37.6 Å². The van der Waals surface area contributed by atoms with E-state index in [2.05, 4.69) is 34.0 Å². The van der Waals surface area contributed by atoms with Crippen molar-refractivity contribution in [2.24, 2.45) is 5.73 Å². The van der Waals surface area contributed by atoms with Gasteiger partial charge in [-0.3, -0.25) is 9.88 Å². The molecule has 0 radical (unpaired) electrons. The van der Waals surface area contributed by atoms with E-state index in [1.807, 2.05) is 13.1 Å². The topological polar surface area (TPSA) is 45.4 Å². The van der Waals surface area contributed by atoms with Gasteiger partial charge >= 0.3 is 0 Å². The first-order valence-electron chi connectivity index (χ1n) is 7.26. The summed E-state index contributed by atoms with van der Waals surface area (Å²) >= 11 is 0. The molecule has 1 aromatic heterocycles. The minimum atomic E-state index is 0.274. The number of hydrogen-bond donors (Lipinski definition) is 1. The van der Waals surface area contributed by atoms with Crippen LogP contribution in [0.1, 0.15) is 30.1 Å². The lowest BCUT2D eigenvalue weighted by atomic mass is 10.1. The molecule has 2 heterocycles. The summed E-state index contributed by atoms with van der Waals surface area (Å²) in [7, 11) is 2.16. The molecule has 1 unspecified atom stereocenters. The van der Waals surface area contributed by atoms with Crippen LogP contribution in [-0.4, -0.2) is 54.6 Å². The van der Waals surface area contributed by atoms with E-state index >= 15 is 0 Å². The van der Waals surface area contributed by atoms with Crippen LogP contribution in [0.4, 0.5) is 0 Å². The second-order valence-electron chi connectivity index (χ2n) is 5.51. The third-order valence-corrected chi connectivity index (χ3v) is 4.04. The van der Waals surface area contributed by atoms with Crippen LogP contribution in [0.25, 0.3) is 0 Å². The number of hydrogen-bond acceptors (Lipinski definition) is 4. The first-order valence-corrected chi connectivity index (χ1v) is 7.26. The Bertz CT molecular complexity index is 370. The molecule has 0 aromatic carbocycles. The van der Waals surface area contributed by atoms with Crippen LogP contribution in [0, 0.1) is 6.92 Å². The van der Waals surface area contributed by atoms with E-state index in [0.717, 1.165) is 18.8 Å². The predicted molar refractivity (Wildman–Crippen MR) is 79.1 cm³/mol. The molecule has 19 heavy (non-hydrogen) atoms. The van der Waals surface area contributed by atoms with E-state index in [4.69, 9.17) is 5.73 Å². The molecule has 1 aliphatic heterocycles. The summed E-state index contributed by atoms with van der Waals surface area (Å²) in [5.74, 6) is 0. The maximum atomic E-state index is 5.94. The van der Waals surface area contributed by atoms with E-state index in [1.54, 1.807) is 0 Å². The predicted octanol–water partition coefficient (Wildman–Crippen LogP) is 1.42. The highest BCUT2D eigenvalue weighted by Crippen LogP contribution is 2.17. The van der Waals surface area contributed by atoms with Crippen molar-refractivity contribution in [1.29, 1.82) is 0 Å². The zero-order valence-corrected chi connectivity index (χ0v) is 12.2. The molecule has 0 aliphatic carbocycles. The maximum Gasteiger partial charge on any atom is 0.0483 e. The normalized spacial score (nSPS) is 18.1. The fourth-order valence-electron chi connectivity index (χ4n) is 2.71. The van der Waals surface area contributed by atoms with Crippen molar-refractivity contribution in [3.63, 3.8) is 0 Å². The molecule has 1 fully saturated rings. The van der Waals surface area contributed by atoms with Gasteiger partial charge in [-0.2, -0.15) is 0 Å². The standard InChI is InChI=1S/C15H26N4/c1-13-5-6-14(12-17-13)15(11-16)18(2)9-10-19-7-3-4-8-19/h5-6,12,15H,3-4,7-11,16H2,1-2H3. The zero-order chi connectivity index (χ0) is 13.7. The quantitative estimate of drug-likeness (QED) is 0.842. The van der Waals surface area contributed by atoms with Crippen LogP contribution in [0.15, 0.2) is 18.3 Å². The number of rotatable bonds is 6. The Morgan fingerprint density at radius 2 is 2.11 bits per heavy atom. The molecule has 1 saturated heterocycles. The van der Waals surface area contributed by atoms with Gasteiger partial charge in [0.25, 0.3) is 0 Å². The van der Waals surface area contributed by atoms with E-state index in [-0.39, 0.29) is 6.04 Å². The van der Waals surface area contributed by atoms with Gasteiger partial charge in [-0.25, -0.2) is 0 Å².